The van der Waals surface area contributed by atoms with Crippen molar-refractivity contribution in [3.8, 4) is 17.2 Å². The molecular formula is C25H22F8N2O3. The Morgan fingerprint density at radius 1 is 0.737 bits per heavy atom. The second kappa shape index (κ2) is 10.9. The first kappa shape index (κ1) is 28.8. The van der Waals surface area contributed by atoms with Crippen LogP contribution in [0.3, 0.4) is 0 Å². The van der Waals surface area contributed by atoms with E-state index in [-0.39, 0.29) is 11.4 Å². The third kappa shape index (κ3) is 6.97. The number of aliphatic hydroxyl groups excluding tert-OH is 1. The topological polar surface area (TPSA) is 45.2 Å². The number of anilines is 2. The lowest BCUT2D eigenvalue weighted by atomic mass is 10.1. The molecule has 0 aliphatic rings. The van der Waals surface area contributed by atoms with Gasteiger partial charge in [0.05, 0.1) is 12.2 Å². The number of alkyl halides is 8. The van der Waals surface area contributed by atoms with E-state index >= 15 is 0 Å². The van der Waals surface area contributed by atoms with Crippen LogP contribution in [0.2, 0.25) is 0 Å². The van der Waals surface area contributed by atoms with Gasteiger partial charge in [-0.1, -0.05) is 24.3 Å². The van der Waals surface area contributed by atoms with Gasteiger partial charge in [0, 0.05) is 37.5 Å². The molecule has 0 aliphatic heterocycles. The summed E-state index contributed by atoms with van der Waals surface area (Å²) >= 11 is 0. The van der Waals surface area contributed by atoms with Crippen LogP contribution in [-0.4, -0.2) is 44.2 Å². The Labute approximate surface area is 212 Å². The molecule has 0 heterocycles. The number of halogens is 8. The van der Waals surface area contributed by atoms with Gasteiger partial charge in [0.2, 0.25) is 0 Å². The van der Waals surface area contributed by atoms with Gasteiger partial charge in [-0.05, 0) is 36.4 Å². The van der Waals surface area contributed by atoms with Crippen LogP contribution in [0.1, 0.15) is 5.56 Å². The zero-order valence-electron chi connectivity index (χ0n) is 19.9. The van der Waals surface area contributed by atoms with Crippen LogP contribution in [0.4, 0.5) is 46.5 Å². The zero-order valence-corrected chi connectivity index (χ0v) is 19.9. The van der Waals surface area contributed by atoms with E-state index in [1.807, 2.05) is 11.0 Å². The molecule has 0 radical (unpaired) electrons. The van der Waals surface area contributed by atoms with E-state index in [1.54, 1.807) is 32.3 Å². The van der Waals surface area contributed by atoms with E-state index in [0.717, 1.165) is 17.8 Å². The minimum Gasteiger partial charge on any atom is -0.457 e. The quantitative estimate of drug-likeness (QED) is 0.232. The highest BCUT2D eigenvalue weighted by atomic mass is 19.4. The third-order valence-corrected chi connectivity index (χ3v) is 5.16. The number of benzene rings is 3. The Morgan fingerprint density at radius 2 is 1.26 bits per heavy atom. The van der Waals surface area contributed by atoms with Crippen molar-refractivity contribution in [2.75, 3.05) is 30.6 Å². The largest absolute Gasteiger partial charge is 0.458 e. The van der Waals surface area contributed by atoms with Crippen LogP contribution in [0, 0.1) is 0 Å². The Hall–Kier alpha value is -3.74. The smallest absolute Gasteiger partial charge is 0.457 e. The minimum absolute atomic E-state index is 0.109. The van der Waals surface area contributed by atoms with E-state index in [9.17, 15) is 40.2 Å². The molecule has 206 valence electrons. The maximum absolute atomic E-state index is 13.8. The number of aliphatic hydroxyl groups is 1. The van der Waals surface area contributed by atoms with E-state index < -0.39 is 42.2 Å². The SMILES string of the molecule is CN(C)c1cccc(Oc2cccc(N(C[C@H](O)C(F)(F)F)Oc3cccc(C(F)(F)C(F)(F)F)c3)c2)c1. The molecule has 0 saturated carbocycles. The summed E-state index contributed by atoms with van der Waals surface area (Å²) in [5.74, 6) is -5.33. The van der Waals surface area contributed by atoms with Crippen molar-refractivity contribution in [1.29, 1.82) is 0 Å². The molecule has 0 amide bonds. The van der Waals surface area contributed by atoms with Crippen molar-refractivity contribution in [2.24, 2.45) is 0 Å². The summed E-state index contributed by atoms with van der Waals surface area (Å²) in [6.07, 6.45) is -13.9. The summed E-state index contributed by atoms with van der Waals surface area (Å²) in [6.45, 7) is -1.23. The molecule has 0 spiro atoms. The number of hydroxylamine groups is 1. The van der Waals surface area contributed by atoms with Crippen molar-refractivity contribution in [3.05, 3.63) is 78.4 Å². The molecule has 3 rings (SSSR count). The van der Waals surface area contributed by atoms with Gasteiger partial charge < -0.3 is 19.6 Å². The number of rotatable bonds is 9. The molecule has 5 nitrogen and oxygen atoms in total. The van der Waals surface area contributed by atoms with Gasteiger partial charge in [0.1, 0.15) is 11.5 Å². The summed E-state index contributed by atoms with van der Waals surface area (Å²) in [6, 6.07) is 14.9. The van der Waals surface area contributed by atoms with Gasteiger partial charge in [0.25, 0.3) is 0 Å². The van der Waals surface area contributed by atoms with E-state index in [2.05, 4.69) is 0 Å². The monoisotopic (exact) mass is 550 g/mol. The number of hydrogen-bond donors (Lipinski definition) is 1. The van der Waals surface area contributed by atoms with Crippen molar-refractivity contribution in [2.45, 2.75) is 24.4 Å². The third-order valence-electron chi connectivity index (χ3n) is 5.16. The van der Waals surface area contributed by atoms with E-state index in [4.69, 9.17) is 9.57 Å². The van der Waals surface area contributed by atoms with Crippen molar-refractivity contribution >= 4 is 11.4 Å². The van der Waals surface area contributed by atoms with Gasteiger partial charge in [-0.25, -0.2) is 5.06 Å². The molecule has 13 heteroatoms. The Bertz CT molecular complexity index is 1230. The van der Waals surface area contributed by atoms with Crippen LogP contribution in [0.25, 0.3) is 0 Å². The van der Waals surface area contributed by atoms with Crippen LogP contribution >= 0.6 is 0 Å². The predicted molar refractivity (Wildman–Crippen MR) is 124 cm³/mol. The molecule has 3 aromatic carbocycles. The van der Waals surface area contributed by atoms with Crippen LogP contribution in [0.15, 0.2) is 72.8 Å². The van der Waals surface area contributed by atoms with Gasteiger partial charge in [0.15, 0.2) is 11.9 Å². The van der Waals surface area contributed by atoms with Crippen molar-refractivity contribution in [1.82, 2.24) is 0 Å². The van der Waals surface area contributed by atoms with Gasteiger partial charge >= 0.3 is 18.3 Å². The highest BCUT2D eigenvalue weighted by Gasteiger charge is 2.58. The zero-order chi connectivity index (χ0) is 28.3. The molecule has 0 unspecified atom stereocenters. The summed E-state index contributed by atoms with van der Waals surface area (Å²) in [5.41, 5.74) is -0.785. The average Bonchev–Trinajstić information content (AvgIpc) is 2.83. The van der Waals surface area contributed by atoms with E-state index in [1.165, 1.54) is 24.3 Å². The molecule has 0 bridgehead atoms. The maximum Gasteiger partial charge on any atom is 0.458 e. The number of ether oxygens (including phenoxy) is 1. The molecule has 0 aromatic heterocycles. The Kier molecular flexibility index (Phi) is 8.30. The minimum atomic E-state index is -5.91. The normalized spacial score (nSPS) is 13.1. The molecule has 0 aliphatic carbocycles. The number of hydrogen-bond acceptors (Lipinski definition) is 5. The fourth-order valence-electron chi connectivity index (χ4n) is 3.16. The second-order valence-electron chi connectivity index (χ2n) is 8.30. The van der Waals surface area contributed by atoms with Gasteiger partial charge in [-0.2, -0.15) is 35.1 Å². The van der Waals surface area contributed by atoms with Crippen LogP contribution < -0.4 is 19.5 Å². The molecule has 1 atom stereocenters. The Morgan fingerprint density at radius 3 is 1.82 bits per heavy atom. The summed E-state index contributed by atoms with van der Waals surface area (Å²) in [5, 5.41) is 10.1. The van der Waals surface area contributed by atoms with Gasteiger partial charge in [-0.15, -0.1) is 0 Å². The highest BCUT2D eigenvalue weighted by molar-refractivity contribution is 5.53. The summed E-state index contributed by atoms with van der Waals surface area (Å²) in [4.78, 5) is 7.09. The first-order valence-corrected chi connectivity index (χ1v) is 10.9. The van der Waals surface area contributed by atoms with Crippen molar-refractivity contribution < 1.29 is 49.8 Å². The lowest BCUT2D eigenvalue weighted by Gasteiger charge is -2.28. The first-order valence-electron chi connectivity index (χ1n) is 10.9. The van der Waals surface area contributed by atoms with Crippen molar-refractivity contribution in [3.63, 3.8) is 0 Å². The molecule has 38 heavy (non-hydrogen) atoms. The second-order valence-corrected chi connectivity index (χ2v) is 8.30. The lowest BCUT2D eigenvalue weighted by molar-refractivity contribution is -0.289. The Balaban J connectivity index is 1.94. The fourth-order valence-corrected chi connectivity index (χ4v) is 3.16. The standard InChI is InChI=1S/C25H22F8N2O3/c1-34(2)17-7-4-9-19(13-17)37-20-10-5-8-18(14-20)35(15-22(36)24(28,29)30)38-21-11-3-6-16(12-21)23(26,27)25(31,32)33/h3-14,22,36H,15H2,1-2H3/t22-/m0/s1. The van der Waals surface area contributed by atoms with E-state index in [0.29, 0.717) is 22.9 Å². The van der Waals surface area contributed by atoms with Crippen LogP contribution in [0.5, 0.6) is 17.2 Å². The predicted octanol–water partition coefficient (Wildman–Crippen LogP) is 6.92. The molecule has 0 fully saturated rings. The molecule has 1 N–H and O–H groups in total. The fraction of sp³-hybridized carbons (Fsp3) is 0.280. The highest BCUT2D eigenvalue weighted by Crippen LogP contribution is 2.44. The maximum atomic E-state index is 13.8. The molecule has 0 saturated heterocycles. The van der Waals surface area contributed by atoms with Gasteiger partial charge in [-0.3, -0.25) is 0 Å². The van der Waals surface area contributed by atoms with Crippen LogP contribution in [-0.2, 0) is 5.92 Å². The summed E-state index contributed by atoms with van der Waals surface area (Å²) < 4.78 is 111. The summed E-state index contributed by atoms with van der Waals surface area (Å²) in [7, 11) is 3.61. The number of nitrogens with zero attached hydrogens (tertiary/aromatic N) is 2. The first-order chi connectivity index (χ1) is 17.6. The molecule has 3 aromatic rings. The molecular weight excluding hydrogens is 528 g/mol. The lowest BCUT2D eigenvalue weighted by Crippen LogP contribution is -2.42. The average molecular weight is 550 g/mol.